The Morgan fingerprint density at radius 2 is 1.78 bits per heavy atom. The van der Waals surface area contributed by atoms with Gasteiger partial charge in [-0.15, -0.1) is 0 Å². The van der Waals surface area contributed by atoms with Gasteiger partial charge in [-0.3, -0.25) is 9.79 Å². The lowest BCUT2D eigenvalue weighted by Crippen LogP contribution is -2.36. The SMILES string of the molecule is CCCCCCCCCCCC1=NCCN1CCNCC(=O)O. The van der Waals surface area contributed by atoms with Gasteiger partial charge in [0.05, 0.1) is 18.9 Å². The Hall–Kier alpha value is -1.10. The molecule has 0 unspecified atom stereocenters. The van der Waals surface area contributed by atoms with Crippen LogP contribution < -0.4 is 5.32 Å². The molecule has 0 aromatic carbocycles. The summed E-state index contributed by atoms with van der Waals surface area (Å²) in [5, 5.41) is 11.5. The maximum atomic E-state index is 10.5. The molecule has 0 aliphatic carbocycles. The van der Waals surface area contributed by atoms with E-state index in [1.54, 1.807) is 0 Å². The third-order valence-electron chi connectivity index (χ3n) is 4.37. The number of hydrogen-bond acceptors (Lipinski definition) is 4. The van der Waals surface area contributed by atoms with Gasteiger partial charge in [0, 0.05) is 26.1 Å². The smallest absolute Gasteiger partial charge is 0.317 e. The van der Waals surface area contributed by atoms with Crippen molar-refractivity contribution in [1.82, 2.24) is 10.2 Å². The molecule has 23 heavy (non-hydrogen) atoms. The third-order valence-corrected chi connectivity index (χ3v) is 4.37. The van der Waals surface area contributed by atoms with Crippen LogP contribution in [-0.4, -0.2) is 54.5 Å². The second-order valence-corrected chi connectivity index (χ2v) is 6.43. The highest BCUT2D eigenvalue weighted by molar-refractivity contribution is 5.83. The molecule has 134 valence electrons. The van der Waals surface area contributed by atoms with Crippen molar-refractivity contribution in [2.75, 3.05) is 32.7 Å². The number of carboxylic acids is 1. The molecule has 0 aromatic heterocycles. The van der Waals surface area contributed by atoms with Gasteiger partial charge >= 0.3 is 5.97 Å². The summed E-state index contributed by atoms with van der Waals surface area (Å²) in [6, 6.07) is 0. The Balaban J connectivity index is 1.97. The monoisotopic (exact) mass is 325 g/mol. The predicted octanol–water partition coefficient (Wildman–Crippen LogP) is 3.30. The highest BCUT2D eigenvalue weighted by Gasteiger charge is 2.15. The van der Waals surface area contributed by atoms with Crippen LogP contribution in [0.3, 0.4) is 0 Å². The van der Waals surface area contributed by atoms with Crippen LogP contribution in [-0.2, 0) is 4.79 Å². The molecule has 0 saturated carbocycles. The zero-order valence-corrected chi connectivity index (χ0v) is 14.9. The summed E-state index contributed by atoms with van der Waals surface area (Å²) in [5.74, 6) is 0.431. The van der Waals surface area contributed by atoms with Gasteiger partial charge in [-0.25, -0.2) is 0 Å². The standard InChI is InChI=1S/C18H35N3O2/c1-2-3-4-5-6-7-8-9-10-11-17-20-13-15-21(17)14-12-19-16-18(22)23/h19H,2-16H2,1H3,(H,22,23). The summed E-state index contributed by atoms with van der Waals surface area (Å²) >= 11 is 0. The Morgan fingerprint density at radius 1 is 1.13 bits per heavy atom. The van der Waals surface area contributed by atoms with Gasteiger partial charge in [0.2, 0.25) is 0 Å². The quantitative estimate of drug-likeness (QED) is 0.453. The van der Waals surface area contributed by atoms with Gasteiger partial charge < -0.3 is 15.3 Å². The zero-order valence-electron chi connectivity index (χ0n) is 14.9. The highest BCUT2D eigenvalue weighted by Crippen LogP contribution is 2.13. The molecule has 0 aromatic rings. The Bertz CT molecular complexity index is 345. The molecule has 1 aliphatic heterocycles. The number of unbranched alkanes of at least 4 members (excludes halogenated alkanes) is 8. The van der Waals surface area contributed by atoms with E-state index in [1.807, 2.05) is 0 Å². The fourth-order valence-electron chi connectivity index (χ4n) is 3.01. The zero-order chi connectivity index (χ0) is 16.8. The second-order valence-electron chi connectivity index (χ2n) is 6.43. The maximum Gasteiger partial charge on any atom is 0.317 e. The lowest BCUT2D eigenvalue weighted by molar-refractivity contribution is -0.135. The highest BCUT2D eigenvalue weighted by atomic mass is 16.4. The van der Waals surface area contributed by atoms with Crippen LogP contribution in [0.5, 0.6) is 0 Å². The van der Waals surface area contributed by atoms with E-state index in [9.17, 15) is 4.79 Å². The van der Waals surface area contributed by atoms with E-state index in [1.165, 1.54) is 63.6 Å². The lowest BCUT2D eigenvalue weighted by atomic mass is 10.1. The van der Waals surface area contributed by atoms with Crippen LogP contribution >= 0.6 is 0 Å². The number of nitrogens with zero attached hydrogens (tertiary/aromatic N) is 2. The molecule has 0 spiro atoms. The molecule has 0 amide bonds. The molecule has 1 aliphatic rings. The van der Waals surface area contributed by atoms with Crippen molar-refractivity contribution < 1.29 is 9.90 Å². The summed E-state index contributed by atoms with van der Waals surface area (Å²) in [4.78, 5) is 17.4. The lowest BCUT2D eigenvalue weighted by Gasteiger charge is -2.20. The summed E-state index contributed by atoms with van der Waals surface area (Å²) in [6.45, 7) is 5.76. The van der Waals surface area contributed by atoms with Gasteiger partial charge in [-0.1, -0.05) is 58.3 Å². The molecule has 1 heterocycles. The number of hydrogen-bond donors (Lipinski definition) is 2. The molecule has 0 radical (unpaired) electrons. The summed E-state index contributed by atoms with van der Waals surface area (Å²) in [5.41, 5.74) is 0. The van der Waals surface area contributed by atoms with Crippen LogP contribution in [0.2, 0.25) is 0 Å². The van der Waals surface area contributed by atoms with E-state index in [4.69, 9.17) is 5.11 Å². The number of amidine groups is 1. The van der Waals surface area contributed by atoms with Crippen LogP contribution in [0.25, 0.3) is 0 Å². The second kappa shape index (κ2) is 13.3. The average molecular weight is 325 g/mol. The largest absolute Gasteiger partial charge is 0.480 e. The van der Waals surface area contributed by atoms with Crippen molar-refractivity contribution in [2.45, 2.75) is 71.1 Å². The molecular weight excluding hydrogens is 290 g/mol. The molecule has 0 bridgehead atoms. The van der Waals surface area contributed by atoms with Crippen LogP contribution in [0.15, 0.2) is 4.99 Å². The van der Waals surface area contributed by atoms with Crippen molar-refractivity contribution in [3.05, 3.63) is 0 Å². The average Bonchev–Trinajstić information content (AvgIpc) is 2.97. The van der Waals surface area contributed by atoms with Crippen molar-refractivity contribution >= 4 is 11.8 Å². The molecule has 2 N–H and O–H groups in total. The number of nitrogens with one attached hydrogen (secondary N) is 1. The predicted molar refractivity (Wildman–Crippen MR) is 96.2 cm³/mol. The Kier molecular flexibility index (Phi) is 11.6. The van der Waals surface area contributed by atoms with E-state index in [2.05, 4.69) is 22.1 Å². The van der Waals surface area contributed by atoms with Crippen LogP contribution in [0.1, 0.15) is 71.1 Å². The first-order chi connectivity index (χ1) is 11.2. The minimum Gasteiger partial charge on any atom is -0.480 e. The van der Waals surface area contributed by atoms with Gasteiger partial charge in [0.25, 0.3) is 0 Å². The first kappa shape index (κ1) is 19.9. The van der Waals surface area contributed by atoms with Gasteiger partial charge in [0.15, 0.2) is 0 Å². The van der Waals surface area contributed by atoms with E-state index >= 15 is 0 Å². The normalized spacial score (nSPS) is 14.3. The number of aliphatic imine (C=N–C) groups is 1. The maximum absolute atomic E-state index is 10.5. The first-order valence-corrected chi connectivity index (χ1v) is 9.44. The number of carboxylic acid groups (broad SMARTS) is 1. The minimum absolute atomic E-state index is 0.0403. The molecule has 1 rings (SSSR count). The third kappa shape index (κ3) is 10.3. The summed E-state index contributed by atoms with van der Waals surface area (Å²) in [7, 11) is 0. The Morgan fingerprint density at radius 3 is 2.43 bits per heavy atom. The molecule has 5 heteroatoms. The first-order valence-electron chi connectivity index (χ1n) is 9.44. The molecule has 0 atom stereocenters. The van der Waals surface area contributed by atoms with Crippen molar-refractivity contribution in [1.29, 1.82) is 0 Å². The fourth-order valence-corrected chi connectivity index (χ4v) is 3.01. The van der Waals surface area contributed by atoms with Gasteiger partial charge in [-0.2, -0.15) is 0 Å². The number of carbonyl (C=O) groups is 1. The minimum atomic E-state index is -0.796. The molecule has 0 saturated heterocycles. The summed E-state index contributed by atoms with van der Waals surface area (Å²) < 4.78 is 0. The number of aliphatic carboxylic acids is 1. The van der Waals surface area contributed by atoms with E-state index in [0.29, 0.717) is 6.54 Å². The topological polar surface area (TPSA) is 64.9 Å². The number of rotatable bonds is 15. The Labute approximate surface area is 141 Å². The van der Waals surface area contributed by atoms with E-state index in [0.717, 1.165) is 26.1 Å². The van der Waals surface area contributed by atoms with Crippen molar-refractivity contribution in [2.24, 2.45) is 4.99 Å². The fraction of sp³-hybridized carbons (Fsp3) is 0.889. The van der Waals surface area contributed by atoms with Crippen LogP contribution in [0, 0.1) is 0 Å². The van der Waals surface area contributed by atoms with E-state index < -0.39 is 5.97 Å². The van der Waals surface area contributed by atoms with Crippen molar-refractivity contribution in [3.63, 3.8) is 0 Å². The molecular formula is C18H35N3O2. The summed E-state index contributed by atoms with van der Waals surface area (Å²) in [6.07, 6.45) is 13.2. The molecule has 5 nitrogen and oxygen atoms in total. The van der Waals surface area contributed by atoms with Crippen molar-refractivity contribution in [3.8, 4) is 0 Å². The molecule has 0 fully saturated rings. The van der Waals surface area contributed by atoms with E-state index in [-0.39, 0.29) is 6.54 Å². The van der Waals surface area contributed by atoms with Crippen LogP contribution in [0.4, 0.5) is 0 Å². The van der Waals surface area contributed by atoms with Gasteiger partial charge in [-0.05, 0) is 6.42 Å². The van der Waals surface area contributed by atoms with Gasteiger partial charge in [0.1, 0.15) is 0 Å².